The van der Waals surface area contributed by atoms with Crippen molar-refractivity contribution in [3.05, 3.63) is 28.8 Å². The fourth-order valence-corrected chi connectivity index (χ4v) is 3.70. The zero-order valence-corrected chi connectivity index (χ0v) is 18.2. The summed E-state index contributed by atoms with van der Waals surface area (Å²) in [7, 11) is 0. The summed E-state index contributed by atoms with van der Waals surface area (Å²) in [5.74, 6) is -0.489. The van der Waals surface area contributed by atoms with Crippen LogP contribution in [-0.2, 0) is 14.3 Å². The van der Waals surface area contributed by atoms with Gasteiger partial charge >= 0.3 is 5.97 Å². The number of nitrogens with one attached hydrogen (secondary N) is 2. The number of aromatic amines is 1. The smallest absolute Gasteiger partial charge is 0.323 e. The molecular weight excluding hydrogens is 418 g/mol. The van der Waals surface area contributed by atoms with Gasteiger partial charge in [-0.05, 0) is 32.8 Å². The van der Waals surface area contributed by atoms with Crippen LogP contribution in [0.15, 0.2) is 23.3 Å². The van der Waals surface area contributed by atoms with Crippen molar-refractivity contribution in [2.24, 2.45) is 5.41 Å². The topological polar surface area (TPSA) is 181 Å². The number of carbonyl (C=O) groups is 1. The number of nitrogens with zero attached hydrogens (tertiary/aromatic N) is 4. The normalized spacial score (nSPS) is 24.1. The summed E-state index contributed by atoms with van der Waals surface area (Å²) in [6.07, 6.45) is 0.251. The van der Waals surface area contributed by atoms with Gasteiger partial charge in [0.05, 0.1) is 44.0 Å². The van der Waals surface area contributed by atoms with Gasteiger partial charge in [-0.3, -0.25) is 19.9 Å². The maximum atomic E-state index is 12.1. The Morgan fingerprint density at radius 2 is 2.28 bits per heavy atom. The zero-order valence-electron chi connectivity index (χ0n) is 18.2. The van der Waals surface area contributed by atoms with Crippen LogP contribution in [-0.4, -0.2) is 62.2 Å². The van der Waals surface area contributed by atoms with Gasteiger partial charge in [-0.15, -0.1) is 0 Å². The number of hydrogen-bond donors (Lipinski definition) is 4. The number of aromatic nitrogens is 4. The number of nitrogens with two attached hydrogens (primary N) is 1. The molecule has 12 heteroatoms. The second-order valence-electron chi connectivity index (χ2n) is 8.06. The lowest BCUT2D eigenvalue weighted by Gasteiger charge is -2.27. The molecule has 0 radical (unpaired) electrons. The average Bonchev–Trinajstić information content (AvgIpc) is 3.24. The second-order valence-corrected chi connectivity index (χ2v) is 8.06. The molecule has 0 saturated heterocycles. The number of rotatable bonds is 8. The molecule has 4 atom stereocenters. The van der Waals surface area contributed by atoms with E-state index in [1.165, 1.54) is 6.33 Å². The van der Waals surface area contributed by atoms with Crippen molar-refractivity contribution < 1.29 is 19.4 Å². The van der Waals surface area contributed by atoms with E-state index in [1.807, 2.05) is 0 Å². The molecule has 1 aliphatic carbocycles. The Hall–Kier alpha value is -3.27. The van der Waals surface area contributed by atoms with Gasteiger partial charge in [0.15, 0.2) is 11.2 Å². The Morgan fingerprint density at radius 3 is 2.94 bits per heavy atom. The second kappa shape index (κ2) is 9.07. The van der Waals surface area contributed by atoms with Gasteiger partial charge < -0.3 is 24.9 Å². The van der Waals surface area contributed by atoms with Crippen LogP contribution >= 0.6 is 0 Å². The molecule has 2 aromatic rings. The van der Waals surface area contributed by atoms with E-state index in [1.54, 1.807) is 25.3 Å². The molecule has 3 rings (SSSR count). The molecule has 0 amide bonds. The number of anilines is 1. The summed E-state index contributed by atoms with van der Waals surface area (Å²) in [6, 6.07) is 0.989. The van der Waals surface area contributed by atoms with Gasteiger partial charge in [0, 0.05) is 0 Å². The molecule has 2 aromatic heterocycles. The highest BCUT2D eigenvalue weighted by molar-refractivity contribution is 5.75. The van der Waals surface area contributed by atoms with Crippen LogP contribution in [0.25, 0.3) is 11.2 Å². The number of hydrogen-bond acceptors (Lipinski definition) is 10. The van der Waals surface area contributed by atoms with Crippen LogP contribution < -0.4 is 16.6 Å². The number of H-pyrrole nitrogens is 1. The van der Waals surface area contributed by atoms with Crippen molar-refractivity contribution in [3.8, 4) is 6.07 Å². The van der Waals surface area contributed by atoms with E-state index >= 15 is 0 Å². The summed E-state index contributed by atoms with van der Waals surface area (Å²) in [4.78, 5) is 34.5. The van der Waals surface area contributed by atoms with E-state index < -0.39 is 35.1 Å². The molecule has 32 heavy (non-hydrogen) atoms. The summed E-state index contributed by atoms with van der Waals surface area (Å²) >= 11 is 0. The Labute approximate surface area is 184 Å². The fraction of sp³-hybridized carbons (Fsp3) is 0.550. The number of carbonyl (C=O) groups excluding carboxylic acids is 1. The van der Waals surface area contributed by atoms with Crippen molar-refractivity contribution in [2.75, 3.05) is 19.1 Å². The predicted molar refractivity (Wildman–Crippen MR) is 114 cm³/mol. The Bertz CT molecular complexity index is 1120. The molecule has 0 aliphatic heterocycles. The van der Waals surface area contributed by atoms with E-state index in [-0.39, 0.29) is 43.0 Å². The predicted octanol–water partition coefficient (Wildman–Crippen LogP) is -0.0225. The van der Waals surface area contributed by atoms with Gasteiger partial charge in [-0.25, -0.2) is 4.98 Å². The molecule has 5 N–H and O–H groups in total. The van der Waals surface area contributed by atoms with Crippen molar-refractivity contribution in [2.45, 2.75) is 51.5 Å². The van der Waals surface area contributed by atoms with Gasteiger partial charge in [0.25, 0.3) is 5.56 Å². The summed E-state index contributed by atoms with van der Waals surface area (Å²) < 4.78 is 12.3. The number of nitriles is 1. The molecule has 1 saturated carbocycles. The Morgan fingerprint density at radius 1 is 1.56 bits per heavy atom. The molecule has 0 spiro atoms. The summed E-state index contributed by atoms with van der Waals surface area (Å²) in [5.41, 5.74) is 4.51. The molecule has 12 nitrogen and oxygen atoms in total. The largest absolute Gasteiger partial charge is 0.462 e. The van der Waals surface area contributed by atoms with Gasteiger partial charge in [0.1, 0.15) is 11.5 Å². The minimum Gasteiger partial charge on any atom is -0.462 e. The minimum atomic E-state index is -1.39. The third kappa shape index (κ3) is 4.22. The highest BCUT2D eigenvalue weighted by Crippen LogP contribution is 2.48. The number of imidazole rings is 1. The maximum absolute atomic E-state index is 12.1. The standard InChI is InChI=1S/C20H27N7O5/c1-10(2)32-18(30)12(4)24-9-31-7-20(6-21)11(3)13(5-14(20)28)27-8-23-15-16(27)25-19(22)26-17(15)29/h8,10,12-14,24,28H,3,5,7,9H2,1-2,4H3,(H3,22,25,26,29)/t12-,13-,14-,20-/m0/s1. The Balaban J connectivity index is 1.72. The quantitative estimate of drug-likeness (QED) is 0.186. The highest BCUT2D eigenvalue weighted by atomic mass is 16.5. The third-order valence-electron chi connectivity index (χ3n) is 5.50. The van der Waals surface area contributed by atoms with Gasteiger partial charge in [0.2, 0.25) is 5.95 Å². The van der Waals surface area contributed by atoms with Crippen LogP contribution in [0.3, 0.4) is 0 Å². The molecule has 1 fully saturated rings. The SMILES string of the molecule is C=C1[C@@H](n2cnc3c(=O)[nH]c(N)nc32)C[C@H](O)[C@@]1(C#N)COCN[C@@H](C)C(=O)OC(C)C. The number of nitrogen functional groups attached to an aromatic ring is 1. The lowest BCUT2D eigenvalue weighted by Crippen LogP contribution is -2.40. The van der Waals surface area contributed by atoms with Crippen molar-refractivity contribution in [1.82, 2.24) is 24.8 Å². The van der Waals surface area contributed by atoms with E-state index in [2.05, 4.69) is 32.9 Å². The van der Waals surface area contributed by atoms with Crippen LogP contribution in [0.4, 0.5) is 5.95 Å². The number of aliphatic hydroxyl groups excluding tert-OH is 1. The van der Waals surface area contributed by atoms with E-state index in [0.29, 0.717) is 5.57 Å². The van der Waals surface area contributed by atoms with Crippen molar-refractivity contribution in [1.29, 1.82) is 5.26 Å². The van der Waals surface area contributed by atoms with Gasteiger partial charge in [-0.1, -0.05) is 6.58 Å². The molecule has 0 aromatic carbocycles. The summed E-state index contributed by atoms with van der Waals surface area (Å²) in [5, 5.41) is 23.5. The van der Waals surface area contributed by atoms with Crippen LogP contribution in [0, 0.1) is 16.7 Å². The van der Waals surface area contributed by atoms with Crippen LogP contribution in [0.5, 0.6) is 0 Å². The van der Waals surface area contributed by atoms with E-state index in [9.17, 15) is 20.0 Å². The van der Waals surface area contributed by atoms with Crippen LogP contribution in [0.2, 0.25) is 0 Å². The zero-order chi connectivity index (χ0) is 23.6. The Kier molecular flexibility index (Phi) is 6.63. The molecule has 2 heterocycles. The van der Waals surface area contributed by atoms with E-state index in [0.717, 1.165) is 0 Å². The first-order valence-corrected chi connectivity index (χ1v) is 10.1. The first-order valence-electron chi connectivity index (χ1n) is 10.1. The lowest BCUT2D eigenvalue weighted by atomic mass is 9.83. The minimum absolute atomic E-state index is 0.0378. The van der Waals surface area contributed by atoms with Crippen molar-refractivity contribution in [3.63, 3.8) is 0 Å². The molecule has 0 bridgehead atoms. The number of ether oxygens (including phenoxy) is 2. The van der Waals surface area contributed by atoms with E-state index in [4.69, 9.17) is 15.2 Å². The van der Waals surface area contributed by atoms with Crippen LogP contribution in [0.1, 0.15) is 33.2 Å². The lowest BCUT2D eigenvalue weighted by molar-refractivity contribution is -0.150. The fourth-order valence-electron chi connectivity index (χ4n) is 3.70. The molecule has 0 unspecified atom stereocenters. The number of esters is 1. The molecular formula is C20H27N7O5. The first kappa shape index (κ1) is 23.4. The molecule has 1 aliphatic rings. The number of fused-ring (bicyclic) bond motifs is 1. The van der Waals surface area contributed by atoms with Crippen molar-refractivity contribution >= 4 is 23.1 Å². The maximum Gasteiger partial charge on any atom is 0.323 e. The first-order chi connectivity index (χ1) is 15.1. The third-order valence-corrected chi connectivity index (χ3v) is 5.50. The monoisotopic (exact) mass is 445 g/mol. The molecule has 172 valence electrons. The van der Waals surface area contributed by atoms with Gasteiger partial charge in [-0.2, -0.15) is 10.2 Å². The number of aliphatic hydroxyl groups is 1. The summed E-state index contributed by atoms with van der Waals surface area (Å²) in [6.45, 7) is 9.00. The average molecular weight is 445 g/mol. The highest BCUT2D eigenvalue weighted by Gasteiger charge is 2.52.